The lowest BCUT2D eigenvalue weighted by Gasteiger charge is -2.50. The zero-order valence-corrected chi connectivity index (χ0v) is 32.4. The van der Waals surface area contributed by atoms with Crippen molar-refractivity contribution in [2.24, 2.45) is 17.3 Å². The molecule has 13 heteroatoms. The van der Waals surface area contributed by atoms with E-state index >= 15 is 0 Å². The summed E-state index contributed by atoms with van der Waals surface area (Å²) in [6, 6.07) is 12.5. The number of rotatable bonds is 5. The van der Waals surface area contributed by atoms with Crippen molar-refractivity contribution in [1.82, 2.24) is 20.5 Å². The Bertz CT molecular complexity index is 1750. The molecule has 1 aromatic carbocycles. The van der Waals surface area contributed by atoms with Crippen molar-refractivity contribution in [3.8, 4) is 23.5 Å². The van der Waals surface area contributed by atoms with Gasteiger partial charge in [-0.2, -0.15) is 13.2 Å². The summed E-state index contributed by atoms with van der Waals surface area (Å²) in [6.07, 6.45) is 3.03. The number of carbonyl (C=O) groups excluding carboxylic acids is 1. The normalized spacial score (nSPS) is 26.2. The van der Waals surface area contributed by atoms with Crippen molar-refractivity contribution in [3.63, 3.8) is 0 Å². The molecule has 4 N–H and O–H groups in total. The fourth-order valence-corrected chi connectivity index (χ4v) is 8.34. The second-order valence-electron chi connectivity index (χ2n) is 14.2. The summed E-state index contributed by atoms with van der Waals surface area (Å²) in [6.45, 7) is 9.26. The number of phenolic OH excluding ortho intramolecular Hbond substituents is 1. The topological polar surface area (TPSA) is 147 Å². The lowest BCUT2D eigenvalue weighted by Crippen LogP contribution is -2.43. The SMILES string of the molecule is CC.CCCNC(=O)c1ccc(C#CC2OCCCC2Oc2cccc(C(F)(F)F)n2)nn1.CO.C[C@]12CCC3c4ccc(O)cc4CC[C@H]3C1CCC2O. The Morgan fingerprint density at radius 3 is 2.55 bits per heavy atom. The number of phenols is 1. The van der Waals surface area contributed by atoms with Crippen LogP contribution in [0.5, 0.6) is 11.6 Å². The number of alkyl halides is 3. The van der Waals surface area contributed by atoms with Gasteiger partial charge in [0, 0.05) is 26.3 Å². The predicted molar refractivity (Wildman–Crippen MR) is 202 cm³/mol. The number of aromatic nitrogens is 3. The van der Waals surface area contributed by atoms with E-state index in [1.165, 1.54) is 48.6 Å². The second-order valence-corrected chi connectivity index (χ2v) is 14.2. The molecule has 5 unspecified atom stereocenters. The summed E-state index contributed by atoms with van der Waals surface area (Å²) in [5, 5.41) is 37.5. The number of aryl methyl sites for hydroxylation is 1. The Hall–Kier alpha value is -4.25. The molecule has 2 saturated carbocycles. The lowest BCUT2D eigenvalue weighted by molar-refractivity contribution is -0.141. The molecule has 3 aromatic rings. The third-order valence-corrected chi connectivity index (χ3v) is 11.0. The molecule has 0 radical (unpaired) electrons. The number of hydrogen-bond donors (Lipinski definition) is 4. The van der Waals surface area contributed by atoms with Gasteiger partial charge in [-0.25, -0.2) is 4.98 Å². The summed E-state index contributed by atoms with van der Waals surface area (Å²) in [4.78, 5) is 15.4. The Labute approximate surface area is 322 Å². The third kappa shape index (κ3) is 10.7. The van der Waals surface area contributed by atoms with Crippen molar-refractivity contribution in [3.05, 3.63) is 76.7 Å². The van der Waals surface area contributed by atoms with Crippen molar-refractivity contribution in [2.45, 2.75) is 116 Å². The van der Waals surface area contributed by atoms with Gasteiger partial charge in [0.25, 0.3) is 5.91 Å². The average Bonchev–Trinajstić information content (AvgIpc) is 3.51. The highest BCUT2D eigenvalue weighted by atomic mass is 19.4. The number of aromatic hydroxyl groups is 1. The first-order valence-electron chi connectivity index (χ1n) is 19.4. The Balaban J connectivity index is 0.000000240. The molecular formula is C42H55F3N4O6. The molecule has 0 spiro atoms. The molecule has 10 nitrogen and oxygen atoms in total. The Kier molecular flexibility index (Phi) is 15.9. The molecule has 1 saturated heterocycles. The van der Waals surface area contributed by atoms with Crippen LogP contribution >= 0.6 is 0 Å². The van der Waals surface area contributed by atoms with E-state index in [9.17, 15) is 28.2 Å². The zero-order chi connectivity index (χ0) is 40.2. The summed E-state index contributed by atoms with van der Waals surface area (Å²) in [5.74, 6) is 7.74. The fraction of sp³-hybridized carbons (Fsp3) is 0.571. The van der Waals surface area contributed by atoms with E-state index in [4.69, 9.17) is 14.6 Å². The van der Waals surface area contributed by atoms with Crippen LogP contribution in [-0.2, 0) is 17.3 Å². The van der Waals surface area contributed by atoms with Crippen molar-refractivity contribution in [2.75, 3.05) is 20.3 Å². The van der Waals surface area contributed by atoms with Gasteiger partial charge < -0.3 is 30.1 Å². The number of nitrogens with zero attached hydrogens (tertiary/aromatic N) is 3. The molecule has 55 heavy (non-hydrogen) atoms. The molecule has 2 aromatic heterocycles. The number of amides is 1. The van der Waals surface area contributed by atoms with E-state index < -0.39 is 24.1 Å². The highest BCUT2D eigenvalue weighted by molar-refractivity contribution is 5.92. The highest BCUT2D eigenvalue weighted by Crippen LogP contribution is 2.60. The molecule has 3 fully saturated rings. The number of carbonyl (C=O) groups is 1. The van der Waals surface area contributed by atoms with Crippen molar-refractivity contribution in [1.29, 1.82) is 0 Å². The predicted octanol–water partition coefficient (Wildman–Crippen LogP) is 7.25. The first-order valence-corrected chi connectivity index (χ1v) is 19.4. The largest absolute Gasteiger partial charge is 0.508 e. The van der Waals surface area contributed by atoms with Crippen LogP contribution < -0.4 is 10.1 Å². The quantitative estimate of drug-likeness (QED) is 0.197. The lowest BCUT2D eigenvalue weighted by atomic mass is 9.55. The maximum Gasteiger partial charge on any atom is 0.433 e. The van der Waals surface area contributed by atoms with Crippen LogP contribution in [0.1, 0.15) is 118 Å². The van der Waals surface area contributed by atoms with Gasteiger partial charge in [-0.1, -0.05) is 45.7 Å². The molecule has 7 rings (SSSR count). The van der Waals surface area contributed by atoms with Crippen LogP contribution in [-0.4, -0.2) is 75.0 Å². The molecule has 7 atom stereocenters. The minimum atomic E-state index is -4.56. The Morgan fingerprint density at radius 1 is 1.05 bits per heavy atom. The minimum absolute atomic E-state index is 0.0883. The van der Waals surface area contributed by atoms with Gasteiger partial charge in [0.1, 0.15) is 23.2 Å². The molecule has 4 aliphatic rings. The van der Waals surface area contributed by atoms with Gasteiger partial charge in [-0.15, -0.1) is 10.2 Å². The molecule has 3 aliphatic carbocycles. The smallest absolute Gasteiger partial charge is 0.433 e. The zero-order valence-electron chi connectivity index (χ0n) is 32.4. The van der Waals surface area contributed by atoms with Crippen LogP contribution in [0.25, 0.3) is 0 Å². The van der Waals surface area contributed by atoms with Crippen LogP contribution in [0, 0.1) is 29.1 Å². The molecule has 0 bridgehead atoms. The third-order valence-electron chi connectivity index (χ3n) is 11.0. The number of nitrogens with one attached hydrogen (secondary N) is 1. The first kappa shape index (κ1) is 43.5. The molecule has 1 amide bonds. The number of aliphatic hydroxyl groups is 2. The number of halogens is 3. The standard InChI is InChI=1S/C21H21F3N4O3.C18H24O2.C2H6.CH4O/c1-2-12-25-20(29)15-10-8-14(27-28-15)9-11-16-17(5-4-13-30-16)31-19-7-3-6-18(26-19)21(22,23)24;1-18-9-8-14-13-5-3-12(19)10-11(13)2-4-15(14)16(18)6-7-17(18)20;2*1-2/h3,6-8,10,16-17H,2,4-5,12-13H2,1H3,(H,25,29);3,5,10,14-17,19-20H,2,4,6-9H2,1H3;1-2H3;2H,1H3/t;14?,15-,16?,17?,18+;;/m.1../s1. The van der Waals surface area contributed by atoms with Crippen LogP contribution in [0.15, 0.2) is 48.5 Å². The molecule has 1 aliphatic heterocycles. The Morgan fingerprint density at radius 2 is 1.84 bits per heavy atom. The van der Waals surface area contributed by atoms with Crippen LogP contribution in [0.3, 0.4) is 0 Å². The number of hydrogen-bond acceptors (Lipinski definition) is 9. The van der Waals surface area contributed by atoms with E-state index in [0.717, 1.165) is 44.8 Å². The monoisotopic (exact) mass is 768 g/mol. The van der Waals surface area contributed by atoms with Gasteiger partial charge in [0.2, 0.25) is 5.88 Å². The maximum atomic E-state index is 12.9. The summed E-state index contributed by atoms with van der Waals surface area (Å²) in [7, 11) is 1.00. The molecular weight excluding hydrogens is 713 g/mol. The van der Waals surface area contributed by atoms with Gasteiger partial charge in [0.15, 0.2) is 11.8 Å². The van der Waals surface area contributed by atoms with E-state index in [-0.39, 0.29) is 29.0 Å². The van der Waals surface area contributed by atoms with Gasteiger partial charge in [-0.05, 0) is 128 Å². The average molecular weight is 769 g/mol. The van der Waals surface area contributed by atoms with Crippen molar-refractivity contribution < 1.29 is 42.8 Å². The van der Waals surface area contributed by atoms with E-state index in [2.05, 4.69) is 45.3 Å². The van der Waals surface area contributed by atoms with Gasteiger partial charge >= 0.3 is 6.18 Å². The number of aliphatic hydroxyl groups excluding tert-OH is 2. The van der Waals surface area contributed by atoms with Crippen LogP contribution in [0.4, 0.5) is 13.2 Å². The number of pyridine rings is 1. The molecule has 3 heterocycles. The fourth-order valence-electron chi connectivity index (χ4n) is 8.34. The first-order chi connectivity index (χ1) is 26.5. The summed E-state index contributed by atoms with van der Waals surface area (Å²) < 4.78 is 49.9. The van der Waals surface area contributed by atoms with Gasteiger partial charge in [0.05, 0.1) is 6.10 Å². The maximum absolute atomic E-state index is 12.9. The second kappa shape index (κ2) is 20.1. The summed E-state index contributed by atoms with van der Waals surface area (Å²) in [5.41, 5.74) is 2.48. The number of ether oxygens (including phenoxy) is 2. The minimum Gasteiger partial charge on any atom is -0.508 e. The van der Waals surface area contributed by atoms with Crippen molar-refractivity contribution >= 4 is 5.91 Å². The van der Waals surface area contributed by atoms with E-state index in [1.807, 2.05) is 32.9 Å². The van der Waals surface area contributed by atoms with Gasteiger partial charge in [-0.3, -0.25) is 4.79 Å². The van der Waals surface area contributed by atoms with E-state index in [1.54, 1.807) is 6.07 Å². The highest BCUT2D eigenvalue weighted by Gasteiger charge is 2.54. The molecule has 300 valence electrons. The number of fused-ring (bicyclic) bond motifs is 5. The van der Waals surface area contributed by atoms with E-state index in [0.29, 0.717) is 49.3 Å². The summed E-state index contributed by atoms with van der Waals surface area (Å²) >= 11 is 0. The number of benzene rings is 1. The van der Waals surface area contributed by atoms with Crippen LogP contribution in [0.2, 0.25) is 0 Å².